The lowest BCUT2D eigenvalue weighted by atomic mass is 10.1. The van der Waals surface area contributed by atoms with E-state index in [1.54, 1.807) is 12.1 Å². The molecule has 1 aliphatic rings. The SMILES string of the molecule is Nc1cnccc1S(=O)(=O)Cc1cc(Cl)cc2c1OCC2. The van der Waals surface area contributed by atoms with Crippen molar-refractivity contribution in [3.8, 4) is 5.75 Å². The van der Waals surface area contributed by atoms with Crippen LogP contribution < -0.4 is 10.5 Å². The number of pyridine rings is 1. The fraction of sp³-hybridized carbons (Fsp3) is 0.214. The Bertz CT molecular complexity index is 806. The molecule has 1 aromatic heterocycles. The normalized spacial score (nSPS) is 13.8. The van der Waals surface area contributed by atoms with Gasteiger partial charge in [-0.2, -0.15) is 0 Å². The summed E-state index contributed by atoms with van der Waals surface area (Å²) in [6.45, 7) is 0.542. The first-order valence-corrected chi connectivity index (χ1v) is 8.37. The van der Waals surface area contributed by atoms with Crippen LogP contribution in [0.2, 0.25) is 5.02 Å². The number of halogens is 1. The second-order valence-corrected chi connectivity index (χ2v) is 7.22. The smallest absolute Gasteiger partial charge is 0.184 e. The molecule has 0 atom stereocenters. The molecule has 1 aliphatic heterocycles. The van der Waals surface area contributed by atoms with E-state index in [2.05, 4.69) is 4.98 Å². The maximum absolute atomic E-state index is 12.5. The molecule has 21 heavy (non-hydrogen) atoms. The van der Waals surface area contributed by atoms with Gasteiger partial charge in [0.25, 0.3) is 0 Å². The van der Waals surface area contributed by atoms with Gasteiger partial charge in [0.2, 0.25) is 0 Å². The summed E-state index contributed by atoms with van der Waals surface area (Å²) >= 11 is 6.05. The van der Waals surface area contributed by atoms with Crippen molar-refractivity contribution in [1.82, 2.24) is 4.98 Å². The Labute approximate surface area is 127 Å². The van der Waals surface area contributed by atoms with Crippen molar-refractivity contribution in [2.24, 2.45) is 0 Å². The predicted octanol–water partition coefficient (Wildman–Crippen LogP) is 2.23. The van der Waals surface area contributed by atoms with Gasteiger partial charge in [0.15, 0.2) is 9.84 Å². The third-order valence-electron chi connectivity index (χ3n) is 3.32. The van der Waals surface area contributed by atoms with E-state index < -0.39 is 9.84 Å². The number of hydrogen-bond acceptors (Lipinski definition) is 5. The predicted molar refractivity (Wildman–Crippen MR) is 80.2 cm³/mol. The molecule has 0 fully saturated rings. The zero-order chi connectivity index (χ0) is 15.0. The van der Waals surface area contributed by atoms with Crippen LogP contribution in [0.25, 0.3) is 0 Å². The first kappa shape index (κ1) is 14.2. The number of anilines is 1. The summed E-state index contributed by atoms with van der Waals surface area (Å²) in [4.78, 5) is 3.88. The first-order chi connectivity index (χ1) is 9.97. The molecule has 2 N–H and O–H groups in total. The lowest BCUT2D eigenvalue weighted by molar-refractivity contribution is 0.354. The number of hydrogen-bond donors (Lipinski definition) is 1. The van der Waals surface area contributed by atoms with Crippen LogP contribution in [0.5, 0.6) is 5.75 Å². The van der Waals surface area contributed by atoms with Crippen LogP contribution in [0.4, 0.5) is 5.69 Å². The summed E-state index contributed by atoms with van der Waals surface area (Å²) in [7, 11) is -3.59. The summed E-state index contributed by atoms with van der Waals surface area (Å²) in [5, 5.41) is 0.507. The molecule has 2 heterocycles. The van der Waals surface area contributed by atoms with Crippen molar-refractivity contribution in [2.75, 3.05) is 12.3 Å². The highest BCUT2D eigenvalue weighted by atomic mass is 35.5. The average Bonchev–Trinajstić information content (AvgIpc) is 2.86. The van der Waals surface area contributed by atoms with Gasteiger partial charge in [0.05, 0.1) is 29.1 Å². The van der Waals surface area contributed by atoms with Crippen molar-refractivity contribution in [2.45, 2.75) is 17.1 Å². The van der Waals surface area contributed by atoms with Crippen molar-refractivity contribution in [3.05, 3.63) is 46.7 Å². The van der Waals surface area contributed by atoms with Crippen molar-refractivity contribution in [1.29, 1.82) is 0 Å². The second kappa shape index (κ2) is 5.20. The number of nitrogens with zero attached hydrogens (tertiary/aromatic N) is 1. The topological polar surface area (TPSA) is 82.3 Å². The number of nitrogens with two attached hydrogens (primary N) is 1. The quantitative estimate of drug-likeness (QED) is 0.936. The molecule has 2 aromatic rings. The van der Waals surface area contributed by atoms with Gasteiger partial charge in [-0.3, -0.25) is 4.98 Å². The van der Waals surface area contributed by atoms with E-state index in [9.17, 15) is 8.42 Å². The number of benzene rings is 1. The van der Waals surface area contributed by atoms with Crippen LogP contribution in [0, 0.1) is 0 Å². The fourth-order valence-corrected chi connectivity index (χ4v) is 4.14. The van der Waals surface area contributed by atoms with Gasteiger partial charge in [-0.25, -0.2) is 8.42 Å². The summed E-state index contributed by atoms with van der Waals surface area (Å²) in [5.41, 5.74) is 7.34. The zero-order valence-electron chi connectivity index (χ0n) is 11.0. The molecule has 0 aliphatic carbocycles. The van der Waals surface area contributed by atoms with E-state index in [0.717, 1.165) is 12.0 Å². The third-order valence-corrected chi connectivity index (χ3v) is 5.27. The van der Waals surface area contributed by atoms with Crippen LogP contribution in [0.3, 0.4) is 0 Å². The van der Waals surface area contributed by atoms with E-state index in [4.69, 9.17) is 22.1 Å². The Morgan fingerprint density at radius 3 is 2.95 bits per heavy atom. The van der Waals surface area contributed by atoms with Crippen molar-refractivity contribution < 1.29 is 13.2 Å². The van der Waals surface area contributed by atoms with E-state index >= 15 is 0 Å². The third kappa shape index (κ3) is 2.69. The number of ether oxygens (including phenoxy) is 1. The molecule has 1 aromatic carbocycles. The largest absolute Gasteiger partial charge is 0.493 e. The number of rotatable bonds is 3. The van der Waals surface area contributed by atoms with Gasteiger partial charge in [-0.1, -0.05) is 11.6 Å². The Hall–Kier alpha value is -1.79. The molecule has 110 valence electrons. The molecular weight excluding hydrogens is 312 g/mol. The molecule has 0 radical (unpaired) electrons. The molecule has 5 nitrogen and oxygen atoms in total. The van der Waals surface area contributed by atoms with E-state index in [1.165, 1.54) is 18.5 Å². The molecule has 0 saturated heterocycles. The lowest BCUT2D eigenvalue weighted by Crippen LogP contribution is -2.09. The first-order valence-electron chi connectivity index (χ1n) is 6.34. The molecular formula is C14H13ClN2O3S. The van der Waals surface area contributed by atoms with Gasteiger partial charge in [0.1, 0.15) is 5.75 Å². The van der Waals surface area contributed by atoms with Crippen molar-refractivity contribution >= 4 is 27.1 Å². The van der Waals surface area contributed by atoms with Gasteiger partial charge in [-0.15, -0.1) is 0 Å². The number of nitrogen functional groups attached to an aromatic ring is 1. The summed E-state index contributed by atoms with van der Waals surface area (Å²) in [6.07, 6.45) is 3.47. The second-order valence-electron chi connectivity index (χ2n) is 4.82. The standard InChI is InChI=1S/C14H13ClN2O3S/c15-11-5-9-2-4-20-14(9)10(6-11)8-21(18,19)13-1-3-17-7-12(13)16/h1,3,5-7H,2,4,8,16H2. The van der Waals surface area contributed by atoms with Gasteiger partial charge in [0, 0.05) is 23.2 Å². The molecule has 0 amide bonds. The van der Waals surface area contributed by atoms with Crippen LogP contribution in [0.15, 0.2) is 35.5 Å². The van der Waals surface area contributed by atoms with Gasteiger partial charge < -0.3 is 10.5 Å². The summed E-state index contributed by atoms with van der Waals surface area (Å²) < 4.78 is 30.6. The van der Waals surface area contributed by atoms with Crippen LogP contribution >= 0.6 is 11.6 Å². The Morgan fingerprint density at radius 1 is 1.38 bits per heavy atom. The molecule has 0 saturated carbocycles. The molecule has 0 unspecified atom stereocenters. The number of aromatic nitrogens is 1. The monoisotopic (exact) mass is 324 g/mol. The van der Waals surface area contributed by atoms with E-state index in [-0.39, 0.29) is 16.3 Å². The van der Waals surface area contributed by atoms with E-state index in [0.29, 0.717) is 22.9 Å². The van der Waals surface area contributed by atoms with Gasteiger partial charge >= 0.3 is 0 Å². The molecule has 7 heteroatoms. The van der Waals surface area contributed by atoms with E-state index in [1.807, 2.05) is 0 Å². The highest BCUT2D eigenvalue weighted by Crippen LogP contribution is 2.35. The van der Waals surface area contributed by atoms with Crippen LogP contribution in [-0.4, -0.2) is 20.0 Å². The minimum absolute atomic E-state index is 0.0734. The number of sulfone groups is 1. The Balaban J connectivity index is 2.03. The Kier molecular flexibility index (Phi) is 3.51. The maximum Gasteiger partial charge on any atom is 0.184 e. The minimum atomic E-state index is -3.59. The van der Waals surface area contributed by atoms with Crippen molar-refractivity contribution in [3.63, 3.8) is 0 Å². The van der Waals surface area contributed by atoms with Gasteiger partial charge in [-0.05, 0) is 23.8 Å². The van der Waals surface area contributed by atoms with Crippen LogP contribution in [-0.2, 0) is 22.0 Å². The highest BCUT2D eigenvalue weighted by Gasteiger charge is 2.24. The Morgan fingerprint density at radius 2 is 2.19 bits per heavy atom. The summed E-state index contributed by atoms with van der Waals surface area (Å²) in [6, 6.07) is 4.83. The van der Waals surface area contributed by atoms with Crippen LogP contribution in [0.1, 0.15) is 11.1 Å². The fourth-order valence-electron chi connectivity index (χ4n) is 2.41. The highest BCUT2D eigenvalue weighted by molar-refractivity contribution is 7.90. The molecule has 0 spiro atoms. The molecule has 0 bridgehead atoms. The zero-order valence-corrected chi connectivity index (χ0v) is 12.6. The maximum atomic E-state index is 12.5. The summed E-state index contributed by atoms with van der Waals surface area (Å²) in [5.74, 6) is 0.417. The number of fused-ring (bicyclic) bond motifs is 1. The molecule has 3 rings (SSSR count). The lowest BCUT2D eigenvalue weighted by Gasteiger charge is -2.11. The minimum Gasteiger partial charge on any atom is -0.493 e. The average molecular weight is 325 g/mol.